The predicted octanol–water partition coefficient (Wildman–Crippen LogP) is 3.69. The van der Waals surface area contributed by atoms with Crippen molar-refractivity contribution in [3.8, 4) is 0 Å². The molecule has 1 aliphatic heterocycles. The normalized spacial score (nSPS) is 17.0. The van der Waals surface area contributed by atoms with Crippen LogP contribution in [0.1, 0.15) is 22.1 Å². The molecule has 1 unspecified atom stereocenters. The van der Waals surface area contributed by atoms with Gasteiger partial charge in [-0.05, 0) is 22.9 Å². The highest BCUT2D eigenvalue weighted by Crippen LogP contribution is 2.30. The Morgan fingerprint density at radius 1 is 0.762 bits per heavy atom. The number of rotatable bonds is 1. The lowest BCUT2D eigenvalue weighted by Crippen LogP contribution is -2.38. The third-order valence-corrected chi connectivity index (χ3v) is 3.88. The first kappa shape index (κ1) is 12.0. The third-order valence-electron chi connectivity index (χ3n) is 3.88. The van der Waals surface area contributed by atoms with E-state index in [1.807, 2.05) is 48.5 Å². The van der Waals surface area contributed by atoms with Gasteiger partial charge in [-0.1, -0.05) is 54.6 Å². The second kappa shape index (κ2) is 4.63. The number of benzene rings is 3. The SMILES string of the molecule is O=C1NC(c2cccc3ccccc23)Nc2ccccc21. The summed E-state index contributed by atoms with van der Waals surface area (Å²) in [6.07, 6.45) is -0.210. The topological polar surface area (TPSA) is 41.1 Å². The highest BCUT2D eigenvalue weighted by Gasteiger charge is 2.24. The molecule has 0 fully saturated rings. The summed E-state index contributed by atoms with van der Waals surface area (Å²) in [6, 6.07) is 21.9. The summed E-state index contributed by atoms with van der Waals surface area (Å²) in [6.45, 7) is 0. The summed E-state index contributed by atoms with van der Waals surface area (Å²) in [5.41, 5.74) is 2.64. The molecule has 2 N–H and O–H groups in total. The fourth-order valence-corrected chi connectivity index (χ4v) is 2.87. The Hall–Kier alpha value is -2.81. The number of anilines is 1. The Bertz CT molecular complexity index is 836. The summed E-state index contributed by atoms with van der Waals surface area (Å²) >= 11 is 0. The average molecular weight is 274 g/mol. The molecule has 3 aromatic rings. The highest BCUT2D eigenvalue weighted by atomic mass is 16.2. The number of hydrogen-bond donors (Lipinski definition) is 2. The number of carbonyl (C=O) groups excluding carboxylic acids is 1. The van der Waals surface area contributed by atoms with Crippen molar-refractivity contribution in [2.75, 3.05) is 5.32 Å². The molecule has 0 spiro atoms. The molecule has 1 aliphatic rings. The van der Waals surface area contributed by atoms with E-state index >= 15 is 0 Å². The molecule has 4 rings (SSSR count). The van der Waals surface area contributed by atoms with Crippen LogP contribution in [0.25, 0.3) is 10.8 Å². The summed E-state index contributed by atoms with van der Waals surface area (Å²) in [7, 11) is 0. The van der Waals surface area contributed by atoms with Crippen LogP contribution in [0, 0.1) is 0 Å². The lowest BCUT2D eigenvalue weighted by Gasteiger charge is -2.28. The van der Waals surface area contributed by atoms with Crippen molar-refractivity contribution in [2.24, 2.45) is 0 Å². The fourth-order valence-electron chi connectivity index (χ4n) is 2.87. The smallest absolute Gasteiger partial charge is 0.255 e. The zero-order chi connectivity index (χ0) is 14.2. The van der Waals surface area contributed by atoms with Gasteiger partial charge >= 0.3 is 0 Å². The Labute approximate surface area is 122 Å². The molecule has 102 valence electrons. The number of amides is 1. The van der Waals surface area contributed by atoms with E-state index in [1.165, 1.54) is 5.39 Å². The zero-order valence-electron chi connectivity index (χ0n) is 11.3. The number of carbonyl (C=O) groups is 1. The van der Waals surface area contributed by atoms with Gasteiger partial charge in [-0.2, -0.15) is 0 Å². The van der Waals surface area contributed by atoms with Crippen molar-refractivity contribution in [1.29, 1.82) is 0 Å². The Balaban J connectivity index is 1.83. The Morgan fingerprint density at radius 3 is 2.48 bits per heavy atom. The standard InChI is InChI=1S/C18H14N2O/c21-18-15-9-3-4-11-16(15)19-17(20-18)14-10-5-7-12-6-1-2-8-13(12)14/h1-11,17,19H,(H,20,21). The van der Waals surface area contributed by atoms with E-state index < -0.39 is 0 Å². The lowest BCUT2D eigenvalue weighted by molar-refractivity contribution is 0.0936. The molecule has 0 bridgehead atoms. The van der Waals surface area contributed by atoms with Gasteiger partial charge in [-0.15, -0.1) is 0 Å². The van der Waals surface area contributed by atoms with Crippen molar-refractivity contribution in [3.05, 3.63) is 77.9 Å². The Morgan fingerprint density at radius 2 is 1.52 bits per heavy atom. The zero-order valence-corrected chi connectivity index (χ0v) is 11.3. The van der Waals surface area contributed by atoms with Gasteiger partial charge in [0.05, 0.1) is 5.56 Å². The molecule has 0 radical (unpaired) electrons. The minimum atomic E-state index is -0.210. The van der Waals surface area contributed by atoms with Gasteiger partial charge in [0.1, 0.15) is 6.17 Å². The maximum atomic E-state index is 12.3. The van der Waals surface area contributed by atoms with Crippen LogP contribution in [0.4, 0.5) is 5.69 Å². The molecule has 3 nitrogen and oxygen atoms in total. The molecule has 3 heteroatoms. The number of hydrogen-bond acceptors (Lipinski definition) is 2. The van der Waals surface area contributed by atoms with Crippen molar-refractivity contribution >= 4 is 22.4 Å². The van der Waals surface area contributed by atoms with Crippen LogP contribution in [-0.2, 0) is 0 Å². The molecular formula is C18H14N2O. The first-order valence-corrected chi connectivity index (χ1v) is 6.97. The summed E-state index contributed by atoms with van der Waals surface area (Å²) < 4.78 is 0. The van der Waals surface area contributed by atoms with Crippen molar-refractivity contribution in [2.45, 2.75) is 6.17 Å². The molecule has 0 aliphatic carbocycles. The van der Waals surface area contributed by atoms with E-state index in [4.69, 9.17) is 0 Å². The van der Waals surface area contributed by atoms with Crippen LogP contribution in [0.5, 0.6) is 0 Å². The van der Waals surface area contributed by atoms with E-state index in [0.717, 1.165) is 16.6 Å². The van der Waals surface area contributed by atoms with E-state index in [2.05, 4.69) is 28.8 Å². The average Bonchev–Trinajstić information content (AvgIpc) is 2.54. The van der Waals surface area contributed by atoms with Crippen LogP contribution in [0.2, 0.25) is 0 Å². The highest BCUT2D eigenvalue weighted by molar-refractivity contribution is 6.02. The molecule has 1 amide bonds. The minimum absolute atomic E-state index is 0.0396. The van der Waals surface area contributed by atoms with Gasteiger partial charge < -0.3 is 10.6 Å². The van der Waals surface area contributed by atoms with Gasteiger partial charge in [-0.3, -0.25) is 4.79 Å². The van der Waals surface area contributed by atoms with Crippen LogP contribution >= 0.6 is 0 Å². The molecule has 0 aromatic heterocycles. The van der Waals surface area contributed by atoms with Gasteiger partial charge in [0.25, 0.3) is 5.91 Å². The number of nitrogens with one attached hydrogen (secondary N) is 2. The predicted molar refractivity (Wildman–Crippen MR) is 84.2 cm³/mol. The quantitative estimate of drug-likeness (QED) is 0.710. The monoisotopic (exact) mass is 274 g/mol. The van der Waals surface area contributed by atoms with Gasteiger partial charge in [-0.25, -0.2) is 0 Å². The van der Waals surface area contributed by atoms with Crippen LogP contribution in [0.3, 0.4) is 0 Å². The molecule has 1 atom stereocenters. The maximum absolute atomic E-state index is 12.3. The van der Waals surface area contributed by atoms with Gasteiger partial charge in [0.15, 0.2) is 0 Å². The first-order valence-electron chi connectivity index (χ1n) is 6.97. The van der Waals surface area contributed by atoms with E-state index in [-0.39, 0.29) is 12.1 Å². The van der Waals surface area contributed by atoms with Crippen LogP contribution in [0.15, 0.2) is 66.7 Å². The number of fused-ring (bicyclic) bond motifs is 2. The largest absolute Gasteiger partial charge is 0.361 e. The Kier molecular flexibility index (Phi) is 2.64. The minimum Gasteiger partial charge on any atom is -0.361 e. The second-order valence-corrected chi connectivity index (χ2v) is 5.16. The number of para-hydroxylation sites is 1. The van der Waals surface area contributed by atoms with Crippen molar-refractivity contribution in [1.82, 2.24) is 5.32 Å². The molecule has 0 saturated carbocycles. The molecule has 21 heavy (non-hydrogen) atoms. The van der Waals surface area contributed by atoms with Crippen LogP contribution < -0.4 is 10.6 Å². The molecule has 1 heterocycles. The van der Waals surface area contributed by atoms with Gasteiger partial charge in [0.2, 0.25) is 0 Å². The molecule has 0 saturated heterocycles. The summed E-state index contributed by atoms with van der Waals surface area (Å²) in [4.78, 5) is 12.3. The second-order valence-electron chi connectivity index (χ2n) is 5.16. The summed E-state index contributed by atoms with van der Waals surface area (Å²) in [5.74, 6) is -0.0396. The molecular weight excluding hydrogens is 260 g/mol. The lowest BCUT2D eigenvalue weighted by atomic mass is 10.00. The van der Waals surface area contributed by atoms with Crippen LogP contribution in [-0.4, -0.2) is 5.91 Å². The van der Waals surface area contributed by atoms with Crippen molar-refractivity contribution in [3.63, 3.8) is 0 Å². The molecule has 3 aromatic carbocycles. The van der Waals surface area contributed by atoms with E-state index in [9.17, 15) is 4.79 Å². The summed E-state index contributed by atoms with van der Waals surface area (Å²) in [5, 5.41) is 8.76. The maximum Gasteiger partial charge on any atom is 0.255 e. The first-order chi connectivity index (χ1) is 10.3. The van der Waals surface area contributed by atoms with E-state index in [1.54, 1.807) is 0 Å². The van der Waals surface area contributed by atoms with Crippen molar-refractivity contribution < 1.29 is 4.79 Å². The fraction of sp³-hybridized carbons (Fsp3) is 0.0556. The third kappa shape index (κ3) is 1.94. The van der Waals surface area contributed by atoms with E-state index in [0.29, 0.717) is 5.56 Å². The van der Waals surface area contributed by atoms with Gasteiger partial charge in [0, 0.05) is 11.3 Å².